The third-order valence-corrected chi connectivity index (χ3v) is 4.70. The van der Waals surface area contributed by atoms with E-state index in [2.05, 4.69) is 41.3 Å². The van der Waals surface area contributed by atoms with E-state index < -0.39 is 0 Å². The van der Waals surface area contributed by atoms with Gasteiger partial charge in [-0.1, -0.05) is 12.1 Å². The van der Waals surface area contributed by atoms with Gasteiger partial charge in [0.05, 0.1) is 32.5 Å². The molecule has 0 aliphatic carbocycles. The van der Waals surface area contributed by atoms with Crippen LogP contribution < -0.4 is 10.1 Å². The van der Waals surface area contributed by atoms with Crippen LogP contribution in [-0.2, 0) is 24.4 Å². The second-order valence-corrected chi connectivity index (χ2v) is 6.74. The molecule has 2 aromatic rings. The van der Waals surface area contributed by atoms with E-state index in [0.29, 0.717) is 13.2 Å². The molecule has 0 aliphatic heterocycles. The summed E-state index contributed by atoms with van der Waals surface area (Å²) in [7, 11) is 5.43. The molecule has 162 valence electrons. The maximum atomic E-state index is 5.23. The molecule has 1 aromatic carbocycles. The molecular formula is C21H34IN5O2. The number of benzene rings is 1. The van der Waals surface area contributed by atoms with Gasteiger partial charge in [-0.3, -0.25) is 4.68 Å². The molecule has 1 heterocycles. The fourth-order valence-corrected chi connectivity index (χ4v) is 3.06. The predicted octanol–water partition coefficient (Wildman–Crippen LogP) is 3.37. The summed E-state index contributed by atoms with van der Waals surface area (Å²) in [5.74, 6) is 1.74. The Hall–Kier alpha value is -1.81. The first-order valence-corrected chi connectivity index (χ1v) is 9.64. The fraction of sp³-hybridized carbons (Fsp3) is 0.524. The molecule has 0 amide bonds. The van der Waals surface area contributed by atoms with E-state index in [1.165, 1.54) is 11.1 Å². The quantitative estimate of drug-likeness (QED) is 0.315. The highest BCUT2D eigenvalue weighted by Gasteiger charge is 2.12. The number of aryl methyl sites for hydroxylation is 1. The Kier molecular flexibility index (Phi) is 11.0. The van der Waals surface area contributed by atoms with E-state index in [0.717, 1.165) is 42.7 Å². The van der Waals surface area contributed by atoms with Crippen LogP contribution in [0.3, 0.4) is 0 Å². The first-order valence-electron chi connectivity index (χ1n) is 9.64. The van der Waals surface area contributed by atoms with Crippen molar-refractivity contribution < 1.29 is 9.47 Å². The van der Waals surface area contributed by atoms with Crippen LogP contribution in [0, 0.1) is 13.8 Å². The van der Waals surface area contributed by atoms with Crippen LogP contribution in [0.2, 0.25) is 0 Å². The van der Waals surface area contributed by atoms with E-state index >= 15 is 0 Å². The molecule has 0 bridgehead atoms. The smallest absolute Gasteiger partial charge is 0.194 e. The number of aromatic nitrogens is 2. The van der Waals surface area contributed by atoms with E-state index in [1.807, 2.05) is 30.8 Å². The molecule has 0 atom stereocenters. The third kappa shape index (κ3) is 7.18. The van der Waals surface area contributed by atoms with Gasteiger partial charge in [-0.05, 0) is 38.5 Å². The molecule has 0 fully saturated rings. The van der Waals surface area contributed by atoms with Crippen LogP contribution in [-0.4, -0.2) is 55.1 Å². The molecule has 2 rings (SSSR count). The Balaban J connectivity index is 0.00000420. The average Bonchev–Trinajstić information content (AvgIpc) is 2.97. The maximum absolute atomic E-state index is 5.23. The number of guanidine groups is 1. The summed E-state index contributed by atoms with van der Waals surface area (Å²) in [5, 5.41) is 8.00. The van der Waals surface area contributed by atoms with Gasteiger partial charge in [0.25, 0.3) is 0 Å². The highest BCUT2D eigenvalue weighted by molar-refractivity contribution is 14.0. The highest BCUT2D eigenvalue weighted by atomic mass is 127. The van der Waals surface area contributed by atoms with Gasteiger partial charge in [0.1, 0.15) is 5.75 Å². The van der Waals surface area contributed by atoms with Gasteiger partial charge < -0.3 is 19.7 Å². The number of aliphatic imine (C=N–C) groups is 1. The lowest BCUT2D eigenvalue weighted by molar-refractivity contribution is 0.182. The second kappa shape index (κ2) is 12.7. The molecular weight excluding hydrogens is 481 g/mol. The average molecular weight is 515 g/mol. The lowest BCUT2D eigenvalue weighted by atomic mass is 10.2. The molecule has 0 aliphatic rings. The summed E-state index contributed by atoms with van der Waals surface area (Å²) in [5.41, 5.74) is 4.54. The number of ether oxygens (including phenoxy) is 2. The number of hydrogen-bond acceptors (Lipinski definition) is 4. The lowest BCUT2D eigenvalue weighted by Gasteiger charge is -2.22. The molecule has 0 spiro atoms. The summed E-state index contributed by atoms with van der Waals surface area (Å²) < 4.78 is 12.4. The van der Waals surface area contributed by atoms with E-state index in [9.17, 15) is 0 Å². The Morgan fingerprint density at radius 2 is 1.90 bits per heavy atom. The van der Waals surface area contributed by atoms with Crippen molar-refractivity contribution in [2.75, 3.05) is 34.4 Å². The molecule has 8 heteroatoms. The standard InChI is InChI=1S/C21H33N5O2.HI/c1-7-22-21(25(4)15-18-8-10-19(28-6)11-9-18)23-14-20-16(2)24-26(17(20)3)12-13-27-5;/h8-11H,7,12-15H2,1-6H3,(H,22,23);1H. The van der Waals surface area contributed by atoms with E-state index in [4.69, 9.17) is 14.5 Å². The number of rotatable bonds is 9. The second-order valence-electron chi connectivity index (χ2n) is 6.74. The van der Waals surface area contributed by atoms with Crippen LogP contribution in [0.1, 0.15) is 29.4 Å². The van der Waals surface area contributed by atoms with Crippen molar-refractivity contribution in [1.82, 2.24) is 20.0 Å². The molecule has 1 aromatic heterocycles. The van der Waals surface area contributed by atoms with Crippen molar-refractivity contribution in [2.45, 2.75) is 40.4 Å². The molecule has 0 unspecified atom stereocenters. The van der Waals surface area contributed by atoms with Gasteiger partial charge in [0, 0.05) is 38.5 Å². The first-order chi connectivity index (χ1) is 13.5. The fourth-order valence-electron chi connectivity index (χ4n) is 3.06. The van der Waals surface area contributed by atoms with E-state index in [-0.39, 0.29) is 24.0 Å². The minimum absolute atomic E-state index is 0. The lowest BCUT2D eigenvalue weighted by Crippen LogP contribution is -2.38. The van der Waals surface area contributed by atoms with Crippen molar-refractivity contribution in [2.24, 2.45) is 4.99 Å². The normalized spacial score (nSPS) is 11.2. The summed E-state index contributed by atoms with van der Waals surface area (Å²) in [6.07, 6.45) is 0. The Labute approximate surface area is 191 Å². The van der Waals surface area contributed by atoms with Gasteiger partial charge >= 0.3 is 0 Å². The summed E-state index contributed by atoms with van der Waals surface area (Å²) >= 11 is 0. The number of nitrogens with one attached hydrogen (secondary N) is 1. The monoisotopic (exact) mass is 515 g/mol. The van der Waals surface area contributed by atoms with E-state index in [1.54, 1.807) is 14.2 Å². The Bertz CT molecular complexity index is 774. The van der Waals surface area contributed by atoms with Gasteiger partial charge in [0.15, 0.2) is 5.96 Å². The van der Waals surface area contributed by atoms with Crippen LogP contribution in [0.25, 0.3) is 0 Å². The third-order valence-electron chi connectivity index (χ3n) is 4.70. The minimum Gasteiger partial charge on any atom is -0.497 e. The Morgan fingerprint density at radius 3 is 2.48 bits per heavy atom. The maximum Gasteiger partial charge on any atom is 0.194 e. The van der Waals surface area contributed by atoms with Gasteiger partial charge in [-0.2, -0.15) is 5.10 Å². The van der Waals surface area contributed by atoms with Crippen molar-refractivity contribution in [3.8, 4) is 5.75 Å². The number of methoxy groups -OCH3 is 2. The van der Waals surface area contributed by atoms with Crippen LogP contribution in [0.4, 0.5) is 0 Å². The van der Waals surface area contributed by atoms with Gasteiger partial charge in [-0.25, -0.2) is 4.99 Å². The molecule has 1 N–H and O–H groups in total. The molecule has 7 nitrogen and oxygen atoms in total. The number of halogens is 1. The summed E-state index contributed by atoms with van der Waals surface area (Å²) in [6.45, 7) is 9.79. The SMILES string of the molecule is CCNC(=NCc1c(C)nn(CCOC)c1C)N(C)Cc1ccc(OC)cc1.I. The van der Waals surface area contributed by atoms with Crippen LogP contribution >= 0.6 is 24.0 Å². The van der Waals surface area contributed by atoms with Gasteiger partial charge in [-0.15, -0.1) is 24.0 Å². The van der Waals surface area contributed by atoms with Crippen LogP contribution in [0.15, 0.2) is 29.3 Å². The zero-order valence-electron chi connectivity index (χ0n) is 18.4. The minimum atomic E-state index is 0. The van der Waals surface area contributed by atoms with Gasteiger partial charge in [0.2, 0.25) is 0 Å². The van der Waals surface area contributed by atoms with Crippen molar-refractivity contribution in [1.29, 1.82) is 0 Å². The highest BCUT2D eigenvalue weighted by Crippen LogP contribution is 2.15. The summed E-state index contributed by atoms with van der Waals surface area (Å²) in [4.78, 5) is 6.98. The predicted molar refractivity (Wildman–Crippen MR) is 128 cm³/mol. The molecule has 0 radical (unpaired) electrons. The van der Waals surface area contributed by atoms with Crippen molar-refractivity contribution >= 4 is 29.9 Å². The topological polar surface area (TPSA) is 63.9 Å². The number of hydrogen-bond donors (Lipinski definition) is 1. The molecule has 0 saturated heterocycles. The zero-order valence-corrected chi connectivity index (χ0v) is 20.7. The van der Waals surface area contributed by atoms with Crippen molar-refractivity contribution in [3.63, 3.8) is 0 Å². The summed E-state index contributed by atoms with van der Waals surface area (Å²) in [6, 6.07) is 8.11. The molecule has 0 saturated carbocycles. The zero-order chi connectivity index (χ0) is 20.5. The van der Waals surface area contributed by atoms with Crippen LogP contribution in [0.5, 0.6) is 5.75 Å². The largest absolute Gasteiger partial charge is 0.497 e. The Morgan fingerprint density at radius 1 is 1.21 bits per heavy atom. The first kappa shape index (κ1) is 25.2. The van der Waals surface area contributed by atoms with Crippen molar-refractivity contribution in [3.05, 3.63) is 46.8 Å². The number of nitrogens with zero attached hydrogens (tertiary/aromatic N) is 4. The molecule has 29 heavy (non-hydrogen) atoms.